The second kappa shape index (κ2) is 8.01. The summed E-state index contributed by atoms with van der Waals surface area (Å²) in [5.41, 5.74) is 8.03. The predicted octanol–water partition coefficient (Wildman–Crippen LogP) is 3.87. The number of hydrogen-bond donors (Lipinski definition) is 1. The van der Waals surface area contributed by atoms with Gasteiger partial charge in [-0.1, -0.05) is 13.8 Å². The summed E-state index contributed by atoms with van der Waals surface area (Å²) in [6.07, 6.45) is 1.74. The number of oxazole rings is 1. The van der Waals surface area contributed by atoms with Gasteiger partial charge in [-0.3, -0.25) is 0 Å². The molecule has 0 aliphatic carbocycles. The third-order valence-corrected chi connectivity index (χ3v) is 3.86. The van der Waals surface area contributed by atoms with Crippen LogP contribution in [0.15, 0.2) is 47.0 Å². The number of benzene rings is 1. The maximum atomic E-state index is 6.06. The summed E-state index contributed by atoms with van der Waals surface area (Å²) >= 11 is 0. The molecule has 3 aromatic rings. The SMILES string of the molecule is COc1ccc(-c2nc(C(C)C)oc2-c2ccc(OCCN)cc2)cn1. The highest BCUT2D eigenvalue weighted by atomic mass is 16.5. The van der Waals surface area contributed by atoms with Gasteiger partial charge < -0.3 is 19.6 Å². The number of aromatic nitrogens is 2. The topological polar surface area (TPSA) is 83.4 Å². The van der Waals surface area contributed by atoms with E-state index in [1.54, 1.807) is 13.3 Å². The van der Waals surface area contributed by atoms with Crippen molar-refractivity contribution in [1.82, 2.24) is 9.97 Å². The van der Waals surface area contributed by atoms with Gasteiger partial charge in [-0.2, -0.15) is 0 Å². The van der Waals surface area contributed by atoms with Gasteiger partial charge >= 0.3 is 0 Å². The molecule has 136 valence electrons. The van der Waals surface area contributed by atoms with Gasteiger partial charge in [-0.25, -0.2) is 9.97 Å². The number of nitrogens with zero attached hydrogens (tertiary/aromatic N) is 2. The molecule has 0 spiro atoms. The first-order valence-corrected chi connectivity index (χ1v) is 8.56. The van der Waals surface area contributed by atoms with E-state index in [-0.39, 0.29) is 5.92 Å². The van der Waals surface area contributed by atoms with E-state index in [9.17, 15) is 0 Å². The normalized spacial score (nSPS) is 11.0. The van der Waals surface area contributed by atoms with Gasteiger partial charge in [0.05, 0.1) is 7.11 Å². The first-order valence-electron chi connectivity index (χ1n) is 8.56. The lowest BCUT2D eigenvalue weighted by Crippen LogP contribution is -2.10. The van der Waals surface area contributed by atoms with Crippen LogP contribution in [0.3, 0.4) is 0 Å². The number of nitrogens with two attached hydrogens (primary N) is 1. The van der Waals surface area contributed by atoms with Gasteiger partial charge in [0.15, 0.2) is 11.7 Å². The number of rotatable bonds is 7. The maximum Gasteiger partial charge on any atom is 0.212 e. The molecule has 0 aliphatic heterocycles. The van der Waals surface area contributed by atoms with Crippen LogP contribution in [0.5, 0.6) is 11.6 Å². The molecule has 26 heavy (non-hydrogen) atoms. The van der Waals surface area contributed by atoms with Crippen LogP contribution in [0.1, 0.15) is 25.7 Å². The Morgan fingerprint density at radius 1 is 1.08 bits per heavy atom. The minimum Gasteiger partial charge on any atom is -0.492 e. The molecule has 0 atom stereocenters. The predicted molar refractivity (Wildman–Crippen MR) is 100 cm³/mol. The van der Waals surface area contributed by atoms with E-state index < -0.39 is 0 Å². The van der Waals surface area contributed by atoms with Crippen LogP contribution in [-0.4, -0.2) is 30.2 Å². The Balaban J connectivity index is 1.99. The van der Waals surface area contributed by atoms with E-state index in [2.05, 4.69) is 23.8 Å². The van der Waals surface area contributed by atoms with Crippen molar-refractivity contribution in [2.75, 3.05) is 20.3 Å². The molecule has 0 bridgehead atoms. The zero-order valence-corrected chi connectivity index (χ0v) is 15.2. The number of methoxy groups -OCH3 is 1. The van der Waals surface area contributed by atoms with Crippen molar-refractivity contribution >= 4 is 0 Å². The summed E-state index contributed by atoms with van der Waals surface area (Å²) in [4.78, 5) is 8.96. The lowest BCUT2D eigenvalue weighted by atomic mass is 10.1. The Bertz CT molecular complexity index is 840. The molecule has 0 saturated heterocycles. The first kappa shape index (κ1) is 17.9. The van der Waals surface area contributed by atoms with Crippen LogP contribution in [-0.2, 0) is 0 Å². The fourth-order valence-corrected chi connectivity index (χ4v) is 2.50. The molecule has 2 N–H and O–H groups in total. The summed E-state index contributed by atoms with van der Waals surface area (Å²) in [5.74, 6) is 2.92. The van der Waals surface area contributed by atoms with Crippen LogP contribution < -0.4 is 15.2 Å². The van der Waals surface area contributed by atoms with Crippen LogP contribution in [0.4, 0.5) is 0 Å². The highest BCUT2D eigenvalue weighted by molar-refractivity contribution is 5.76. The number of pyridine rings is 1. The summed E-state index contributed by atoms with van der Waals surface area (Å²) in [5, 5.41) is 0. The first-order chi connectivity index (χ1) is 12.6. The van der Waals surface area contributed by atoms with E-state index in [4.69, 9.17) is 19.6 Å². The van der Waals surface area contributed by atoms with E-state index in [0.717, 1.165) is 22.6 Å². The molecule has 3 rings (SSSR count). The quantitative estimate of drug-likeness (QED) is 0.694. The summed E-state index contributed by atoms with van der Waals surface area (Å²) < 4.78 is 16.7. The standard InChI is InChI=1S/C20H23N3O3/c1-13(2)20-23-18(15-6-9-17(24-3)22-12-15)19(26-20)14-4-7-16(8-5-14)25-11-10-21/h4-9,12-13H,10-11,21H2,1-3H3. The van der Waals surface area contributed by atoms with E-state index in [1.165, 1.54) is 0 Å². The summed E-state index contributed by atoms with van der Waals surface area (Å²) in [6, 6.07) is 11.5. The molecule has 0 saturated carbocycles. The van der Waals surface area contributed by atoms with Gasteiger partial charge in [0.1, 0.15) is 18.1 Å². The van der Waals surface area contributed by atoms with Gasteiger partial charge in [0.2, 0.25) is 5.88 Å². The Kier molecular flexibility index (Phi) is 5.53. The third kappa shape index (κ3) is 3.86. The van der Waals surface area contributed by atoms with Crippen molar-refractivity contribution in [3.05, 3.63) is 48.5 Å². The molecule has 0 radical (unpaired) electrons. The largest absolute Gasteiger partial charge is 0.492 e. The molecule has 6 nitrogen and oxygen atoms in total. The average molecular weight is 353 g/mol. The van der Waals surface area contributed by atoms with Crippen molar-refractivity contribution < 1.29 is 13.9 Å². The van der Waals surface area contributed by atoms with Crippen LogP contribution in [0, 0.1) is 0 Å². The van der Waals surface area contributed by atoms with Crippen LogP contribution in [0.2, 0.25) is 0 Å². The van der Waals surface area contributed by atoms with Crippen molar-refractivity contribution in [3.63, 3.8) is 0 Å². The minimum absolute atomic E-state index is 0.181. The Labute approximate surface area is 153 Å². The second-order valence-electron chi connectivity index (χ2n) is 6.14. The lowest BCUT2D eigenvalue weighted by Gasteiger charge is -2.06. The Hall–Kier alpha value is -2.86. The van der Waals surface area contributed by atoms with Crippen molar-refractivity contribution in [1.29, 1.82) is 0 Å². The molecule has 0 fully saturated rings. The Morgan fingerprint density at radius 2 is 1.81 bits per heavy atom. The summed E-state index contributed by atoms with van der Waals surface area (Å²) in [6.45, 7) is 5.07. The molecular formula is C20H23N3O3. The molecule has 0 amide bonds. The highest BCUT2D eigenvalue weighted by Gasteiger charge is 2.19. The zero-order chi connectivity index (χ0) is 18.5. The second-order valence-corrected chi connectivity index (χ2v) is 6.14. The maximum absolute atomic E-state index is 6.06. The van der Waals surface area contributed by atoms with Crippen molar-refractivity contribution in [2.24, 2.45) is 5.73 Å². The minimum atomic E-state index is 0.181. The van der Waals surface area contributed by atoms with Crippen LogP contribution in [0.25, 0.3) is 22.6 Å². The van der Waals surface area contributed by atoms with Gasteiger partial charge in [0, 0.05) is 35.9 Å². The number of ether oxygens (including phenoxy) is 2. The van der Waals surface area contributed by atoms with Crippen LogP contribution >= 0.6 is 0 Å². The molecule has 6 heteroatoms. The highest BCUT2D eigenvalue weighted by Crippen LogP contribution is 2.35. The zero-order valence-electron chi connectivity index (χ0n) is 15.2. The fourth-order valence-electron chi connectivity index (χ4n) is 2.50. The number of hydrogen-bond acceptors (Lipinski definition) is 6. The van der Waals surface area contributed by atoms with Gasteiger partial charge in [-0.05, 0) is 30.3 Å². The monoisotopic (exact) mass is 353 g/mol. The van der Waals surface area contributed by atoms with E-state index in [1.807, 2.05) is 36.4 Å². The molecule has 0 unspecified atom stereocenters. The fraction of sp³-hybridized carbons (Fsp3) is 0.300. The molecule has 1 aromatic carbocycles. The average Bonchev–Trinajstić information content (AvgIpc) is 3.12. The smallest absolute Gasteiger partial charge is 0.212 e. The van der Waals surface area contributed by atoms with Crippen molar-refractivity contribution in [3.8, 4) is 34.2 Å². The van der Waals surface area contributed by atoms with E-state index in [0.29, 0.717) is 30.7 Å². The third-order valence-electron chi connectivity index (χ3n) is 3.86. The van der Waals surface area contributed by atoms with Gasteiger partial charge in [0.25, 0.3) is 0 Å². The van der Waals surface area contributed by atoms with E-state index >= 15 is 0 Å². The Morgan fingerprint density at radius 3 is 2.38 bits per heavy atom. The molecule has 0 aliphatic rings. The molecular weight excluding hydrogens is 330 g/mol. The van der Waals surface area contributed by atoms with Gasteiger partial charge in [-0.15, -0.1) is 0 Å². The molecule has 2 aromatic heterocycles. The summed E-state index contributed by atoms with van der Waals surface area (Å²) in [7, 11) is 1.59. The molecule has 2 heterocycles. The van der Waals surface area contributed by atoms with Crippen molar-refractivity contribution in [2.45, 2.75) is 19.8 Å². The lowest BCUT2D eigenvalue weighted by molar-refractivity contribution is 0.328.